The fourth-order valence-corrected chi connectivity index (χ4v) is 3.25. The van der Waals surface area contributed by atoms with Crippen LogP contribution in [0.5, 0.6) is 0 Å². The molecule has 0 bridgehead atoms. The molecule has 0 radical (unpaired) electrons. The Balaban J connectivity index is 2.20. The van der Waals surface area contributed by atoms with E-state index in [0.717, 1.165) is 27.1 Å². The van der Waals surface area contributed by atoms with Crippen LogP contribution < -0.4 is 5.32 Å². The summed E-state index contributed by atoms with van der Waals surface area (Å²) in [5.74, 6) is -0.339. The highest BCUT2D eigenvalue weighted by Crippen LogP contribution is 2.21. The van der Waals surface area contributed by atoms with Gasteiger partial charge in [0, 0.05) is 4.88 Å². The maximum atomic E-state index is 12.4. The molecule has 0 aliphatic rings. The van der Waals surface area contributed by atoms with Crippen LogP contribution in [0.3, 0.4) is 0 Å². The minimum absolute atomic E-state index is 0.132. The minimum Gasteiger partial charge on any atom is -0.345 e. The monoisotopic (exact) mass is 324 g/mol. The van der Waals surface area contributed by atoms with Crippen molar-refractivity contribution >= 4 is 23.3 Å². The average Bonchev–Trinajstić information content (AvgIpc) is 2.92. The van der Waals surface area contributed by atoms with E-state index in [2.05, 4.69) is 11.4 Å². The Bertz CT molecular complexity index is 796. The first kappa shape index (κ1) is 17.0. The Morgan fingerprint density at radius 1 is 1.26 bits per heavy atom. The third-order valence-electron chi connectivity index (χ3n) is 3.79. The summed E-state index contributed by atoms with van der Waals surface area (Å²) in [5, 5.41) is 14.2. The highest BCUT2D eigenvalue weighted by Gasteiger charge is 2.16. The van der Waals surface area contributed by atoms with E-state index in [4.69, 9.17) is 0 Å². The Labute approximate surface area is 141 Å². The van der Waals surface area contributed by atoms with E-state index in [9.17, 15) is 10.1 Å². The van der Waals surface area contributed by atoms with Crippen molar-refractivity contribution in [3.63, 3.8) is 0 Å². The van der Waals surface area contributed by atoms with E-state index in [1.54, 1.807) is 6.08 Å². The standard InChI is InChI=1S/C19H20N2OS/c1-12-5-6-13(2)17(9-12)15(4)21-19(22)16(11-20)10-18-14(3)7-8-23-18/h5-10,15H,1-4H3,(H,21,22). The second-order valence-electron chi connectivity index (χ2n) is 5.69. The third kappa shape index (κ3) is 4.08. The minimum atomic E-state index is -0.339. The fourth-order valence-electron chi connectivity index (χ4n) is 2.39. The van der Waals surface area contributed by atoms with Crippen LogP contribution >= 0.6 is 11.3 Å². The van der Waals surface area contributed by atoms with Crippen molar-refractivity contribution in [2.45, 2.75) is 33.7 Å². The summed E-state index contributed by atoms with van der Waals surface area (Å²) in [5.41, 5.74) is 4.55. The Kier molecular flexibility index (Phi) is 5.36. The van der Waals surface area contributed by atoms with E-state index in [1.165, 1.54) is 11.3 Å². The molecular formula is C19H20N2OS. The molecule has 4 heteroatoms. The molecule has 23 heavy (non-hydrogen) atoms. The smallest absolute Gasteiger partial charge is 0.262 e. The zero-order chi connectivity index (χ0) is 17.0. The number of rotatable bonds is 4. The molecule has 1 atom stereocenters. The van der Waals surface area contributed by atoms with Gasteiger partial charge in [-0.05, 0) is 61.9 Å². The number of carbonyl (C=O) groups is 1. The number of nitrogens with zero attached hydrogens (tertiary/aromatic N) is 1. The van der Waals surface area contributed by atoms with Crippen LogP contribution in [0, 0.1) is 32.1 Å². The van der Waals surface area contributed by atoms with Gasteiger partial charge in [0.15, 0.2) is 0 Å². The van der Waals surface area contributed by atoms with Gasteiger partial charge in [-0.2, -0.15) is 5.26 Å². The molecule has 0 saturated heterocycles. The van der Waals surface area contributed by atoms with E-state index in [0.29, 0.717) is 0 Å². The summed E-state index contributed by atoms with van der Waals surface area (Å²) in [4.78, 5) is 13.3. The highest BCUT2D eigenvalue weighted by molar-refractivity contribution is 7.11. The first-order chi connectivity index (χ1) is 10.9. The van der Waals surface area contributed by atoms with E-state index < -0.39 is 0 Å². The van der Waals surface area contributed by atoms with Gasteiger partial charge in [0.2, 0.25) is 0 Å². The van der Waals surface area contributed by atoms with Crippen molar-refractivity contribution in [3.05, 3.63) is 62.3 Å². The summed E-state index contributed by atoms with van der Waals surface area (Å²) in [7, 11) is 0. The van der Waals surface area contributed by atoms with Crippen LogP contribution in [0.2, 0.25) is 0 Å². The number of thiophene rings is 1. The highest BCUT2D eigenvalue weighted by atomic mass is 32.1. The second kappa shape index (κ2) is 7.26. The molecule has 0 spiro atoms. The lowest BCUT2D eigenvalue weighted by atomic mass is 9.99. The molecule has 0 aliphatic heterocycles. The van der Waals surface area contributed by atoms with Gasteiger partial charge in [0.05, 0.1) is 6.04 Å². The predicted molar refractivity (Wildman–Crippen MR) is 95.1 cm³/mol. The Morgan fingerprint density at radius 3 is 2.61 bits per heavy atom. The molecule has 1 amide bonds. The Hall–Kier alpha value is -2.38. The van der Waals surface area contributed by atoms with Crippen molar-refractivity contribution in [2.75, 3.05) is 0 Å². The van der Waals surface area contributed by atoms with Crippen LogP contribution in [0.25, 0.3) is 6.08 Å². The SMILES string of the molecule is Cc1ccc(C)c(C(C)NC(=O)C(C#N)=Cc2sccc2C)c1. The number of hydrogen-bond acceptors (Lipinski definition) is 3. The van der Waals surface area contributed by atoms with Crippen molar-refractivity contribution in [3.8, 4) is 6.07 Å². The van der Waals surface area contributed by atoms with Crippen LogP contribution in [-0.2, 0) is 4.79 Å². The van der Waals surface area contributed by atoms with Crippen LogP contribution in [0.1, 0.15) is 40.1 Å². The van der Waals surface area contributed by atoms with Gasteiger partial charge in [-0.25, -0.2) is 0 Å². The number of nitriles is 1. The fraction of sp³-hybridized carbons (Fsp3) is 0.263. The molecule has 1 aromatic heterocycles. The molecule has 1 aromatic carbocycles. The van der Waals surface area contributed by atoms with Crippen molar-refractivity contribution in [1.82, 2.24) is 5.32 Å². The lowest BCUT2D eigenvalue weighted by Gasteiger charge is -2.17. The molecule has 1 heterocycles. The third-order valence-corrected chi connectivity index (χ3v) is 4.76. The van der Waals surface area contributed by atoms with E-state index >= 15 is 0 Å². The summed E-state index contributed by atoms with van der Waals surface area (Å²) in [6, 6.07) is 9.99. The molecule has 0 aliphatic carbocycles. The van der Waals surface area contributed by atoms with Gasteiger partial charge in [-0.15, -0.1) is 11.3 Å². The average molecular weight is 324 g/mol. The summed E-state index contributed by atoms with van der Waals surface area (Å²) < 4.78 is 0. The molecule has 2 aromatic rings. The largest absolute Gasteiger partial charge is 0.345 e. The number of amides is 1. The number of nitrogens with one attached hydrogen (secondary N) is 1. The molecule has 3 nitrogen and oxygen atoms in total. The summed E-state index contributed by atoms with van der Waals surface area (Å²) in [6.45, 7) is 7.95. The van der Waals surface area contributed by atoms with Crippen molar-refractivity contribution in [2.24, 2.45) is 0 Å². The van der Waals surface area contributed by atoms with Crippen molar-refractivity contribution in [1.29, 1.82) is 5.26 Å². The predicted octanol–water partition coefficient (Wildman–Crippen LogP) is 4.46. The molecule has 0 fully saturated rings. The maximum Gasteiger partial charge on any atom is 0.262 e. The van der Waals surface area contributed by atoms with Crippen molar-refractivity contribution < 1.29 is 4.79 Å². The lowest BCUT2D eigenvalue weighted by molar-refractivity contribution is -0.117. The first-order valence-electron chi connectivity index (χ1n) is 7.46. The summed E-state index contributed by atoms with van der Waals surface area (Å²) in [6.07, 6.45) is 1.66. The Morgan fingerprint density at radius 2 is 2.00 bits per heavy atom. The normalized spacial score (nSPS) is 12.6. The molecule has 1 N–H and O–H groups in total. The number of aryl methyl sites for hydroxylation is 3. The van der Waals surface area contributed by atoms with Gasteiger partial charge in [-0.1, -0.05) is 23.8 Å². The topological polar surface area (TPSA) is 52.9 Å². The number of carbonyl (C=O) groups excluding carboxylic acids is 1. The zero-order valence-electron chi connectivity index (χ0n) is 13.8. The van der Waals surface area contributed by atoms with E-state index in [-0.39, 0.29) is 17.5 Å². The summed E-state index contributed by atoms with van der Waals surface area (Å²) >= 11 is 1.52. The van der Waals surface area contributed by atoms with E-state index in [1.807, 2.05) is 57.3 Å². The zero-order valence-corrected chi connectivity index (χ0v) is 14.6. The van der Waals surface area contributed by atoms with Gasteiger partial charge < -0.3 is 5.32 Å². The molecule has 118 valence electrons. The maximum absolute atomic E-state index is 12.4. The second-order valence-corrected chi connectivity index (χ2v) is 6.64. The van der Waals surface area contributed by atoms with Crippen LogP contribution in [-0.4, -0.2) is 5.91 Å². The lowest BCUT2D eigenvalue weighted by Crippen LogP contribution is -2.28. The van der Waals surface area contributed by atoms with Gasteiger partial charge in [-0.3, -0.25) is 4.79 Å². The van der Waals surface area contributed by atoms with Gasteiger partial charge in [0.1, 0.15) is 11.6 Å². The molecule has 2 rings (SSSR count). The van der Waals surface area contributed by atoms with Crippen LogP contribution in [0.15, 0.2) is 35.2 Å². The number of hydrogen-bond donors (Lipinski definition) is 1. The van der Waals surface area contributed by atoms with Crippen LogP contribution in [0.4, 0.5) is 0 Å². The first-order valence-corrected chi connectivity index (χ1v) is 8.34. The molecule has 1 unspecified atom stereocenters. The molecular weight excluding hydrogens is 304 g/mol. The quantitative estimate of drug-likeness (QED) is 0.667. The van der Waals surface area contributed by atoms with Gasteiger partial charge >= 0.3 is 0 Å². The molecule has 0 saturated carbocycles. The van der Waals surface area contributed by atoms with Gasteiger partial charge in [0.25, 0.3) is 5.91 Å². The number of benzene rings is 1.